The van der Waals surface area contributed by atoms with E-state index in [1.165, 1.54) is 0 Å². The van der Waals surface area contributed by atoms with Crippen LogP contribution in [0.25, 0.3) is 0 Å². The second-order valence-corrected chi connectivity index (χ2v) is 8.21. The number of alkyl carbamates (subject to hydrolysis) is 1. The number of ketones is 1. The number of ether oxygens (including phenoxy) is 1. The molecule has 0 saturated heterocycles. The number of carbonyl (C=O) groups excluding carboxylic acids is 2. The minimum absolute atomic E-state index is 0.139. The second-order valence-electron chi connectivity index (χ2n) is 8.21. The highest BCUT2D eigenvalue weighted by Gasteiger charge is 2.35. The normalized spacial score (nSPS) is 12.5. The Hall–Kier alpha value is -1.86. The molecule has 1 amide bonds. The molecule has 0 atom stereocenters. The van der Waals surface area contributed by atoms with Crippen molar-refractivity contribution in [2.24, 2.45) is 0 Å². The molecule has 1 rings (SSSR count). The number of benzene rings is 1. The van der Waals surface area contributed by atoms with Gasteiger partial charge < -0.3 is 19.8 Å². The van der Waals surface area contributed by atoms with Gasteiger partial charge in [0.1, 0.15) is 5.60 Å². The van der Waals surface area contributed by atoms with Crippen molar-refractivity contribution in [1.82, 2.24) is 5.32 Å². The fourth-order valence-electron chi connectivity index (χ4n) is 1.68. The highest BCUT2D eigenvalue weighted by molar-refractivity contribution is 6.47. The summed E-state index contributed by atoms with van der Waals surface area (Å²) in [7, 11) is 1.55. The summed E-state index contributed by atoms with van der Waals surface area (Å²) in [6, 6.07) is 6.79. The molecule has 26 heavy (non-hydrogen) atoms. The van der Waals surface area contributed by atoms with Crippen molar-refractivity contribution >= 4 is 24.8 Å². The first-order valence-electron chi connectivity index (χ1n) is 8.55. The van der Waals surface area contributed by atoms with Gasteiger partial charge in [-0.2, -0.15) is 0 Å². The van der Waals surface area contributed by atoms with E-state index in [1.807, 2.05) is 0 Å². The molecule has 7 heteroatoms. The van der Waals surface area contributed by atoms with Crippen LogP contribution in [0.1, 0.15) is 58.8 Å². The molecular formula is C19H29BNO5. The molecular weight excluding hydrogens is 333 g/mol. The van der Waals surface area contributed by atoms with Gasteiger partial charge in [0, 0.05) is 5.56 Å². The number of hydrogen-bond acceptors (Lipinski definition) is 5. The first kappa shape index (κ1) is 22.2. The number of amides is 1. The fourth-order valence-corrected chi connectivity index (χ4v) is 1.68. The molecule has 6 nitrogen and oxygen atoms in total. The Labute approximate surface area is 156 Å². The van der Waals surface area contributed by atoms with Gasteiger partial charge in [-0.25, -0.2) is 4.79 Å². The summed E-state index contributed by atoms with van der Waals surface area (Å²) in [6.07, 6.45) is -0.627. The Morgan fingerprint density at radius 1 is 1.04 bits per heavy atom. The lowest BCUT2D eigenvalue weighted by molar-refractivity contribution is -0.0893. The second kappa shape index (κ2) is 8.23. The number of nitrogens with one attached hydrogen (secondary N) is 1. The third-order valence-electron chi connectivity index (χ3n) is 3.99. The third kappa shape index (κ3) is 7.18. The van der Waals surface area contributed by atoms with E-state index in [9.17, 15) is 14.7 Å². The molecule has 0 spiro atoms. The monoisotopic (exact) mass is 362 g/mol. The maximum Gasteiger partial charge on any atom is 0.408 e. The van der Waals surface area contributed by atoms with Gasteiger partial charge in [-0.3, -0.25) is 4.79 Å². The minimum Gasteiger partial charge on any atom is -0.444 e. The molecule has 143 valence electrons. The van der Waals surface area contributed by atoms with Crippen molar-refractivity contribution in [3.8, 4) is 0 Å². The summed E-state index contributed by atoms with van der Waals surface area (Å²) in [6.45, 7) is 12.1. The van der Waals surface area contributed by atoms with Crippen LogP contribution in [0.3, 0.4) is 0 Å². The van der Waals surface area contributed by atoms with Crippen molar-refractivity contribution in [2.75, 3.05) is 6.54 Å². The molecule has 0 aliphatic rings. The predicted molar refractivity (Wildman–Crippen MR) is 102 cm³/mol. The van der Waals surface area contributed by atoms with Crippen molar-refractivity contribution in [3.63, 3.8) is 0 Å². The molecule has 2 N–H and O–H groups in total. The Kier molecular flexibility index (Phi) is 7.02. The van der Waals surface area contributed by atoms with Crippen molar-refractivity contribution in [1.29, 1.82) is 0 Å². The van der Waals surface area contributed by atoms with E-state index < -0.39 is 22.9 Å². The quantitative estimate of drug-likeness (QED) is 0.574. The molecule has 0 saturated carbocycles. The zero-order valence-corrected chi connectivity index (χ0v) is 16.7. The average Bonchev–Trinajstić information content (AvgIpc) is 2.48. The lowest BCUT2D eigenvalue weighted by Gasteiger charge is -2.37. The van der Waals surface area contributed by atoms with Gasteiger partial charge in [0.2, 0.25) is 0 Å². The smallest absolute Gasteiger partial charge is 0.408 e. The molecule has 0 aliphatic heterocycles. The average molecular weight is 362 g/mol. The van der Waals surface area contributed by atoms with Gasteiger partial charge in [-0.05, 0) is 48.5 Å². The number of Topliss-reactive ketones (excluding diaryl/α,β-unsaturated/α-hetero) is 1. The Balaban J connectivity index is 2.56. The molecule has 1 aromatic carbocycles. The van der Waals surface area contributed by atoms with E-state index in [-0.39, 0.29) is 12.3 Å². The molecule has 0 heterocycles. The SMILES string of the molecule is CC(C)(C)OC(=O)NCC(=O)c1ccc([B]OC(C)(C)C(C)(C)O)cc1. The van der Waals surface area contributed by atoms with Crippen molar-refractivity contribution in [3.05, 3.63) is 29.8 Å². The summed E-state index contributed by atoms with van der Waals surface area (Å²) in [5.74, 6) is -0.222. The maximum absolute atomic E-state index is 12.1. The molecule has 0 aliphatic carbocycles. The number of hydrogen-bond donors (Lipinski definition) is 2. The van der Waals surface area contributed by atoms with Crippen LogP contribution < -0.4 is 10.8 Å². The van der Waals surface area contributed by atoms with Gasteiger partial charge in [0.25, 0.3) is 0 Å². The first-order valence-corrected chi connectivity index (χ1v) is 8.55. The number of carbonyl (C=O) groups is 2. The van der Waals surface area contributed by atoms with Gasteiger partial charge in [-0.1, -0.05) is 29.7 Å². The molecule has 1 radical (unpaired) electrons. The summed E-state index contributed by atoms with van der Waals surface area (Å²) >= 11 is 0. The largest absolute Gasteiger partial charge is 0.444 e. The lowest BCUT2D eigenvalue weighted by atomic mass is 9.82. The van der Waals surface area contributed by atoms with E-state index in [4.69, 9.17) is 9.39 Å². The summed E-state index contributed by atoms with van der Waals surface area (Å²) in [5, 5.41) is 12.5. The van der Waals surface area contributed by atoms with Gasteiger partial charge in [-0.15, -0.1) is 0 Å². The summed E-state index contributed by atoms with van der Waals surface area (Å²) < 4.78 is 10.8. The van der Waals surface area contributed by atoms with E-state index in [0.29, 0.717) is 5.56 Å². The van der Waals surface area contributed by atoms with Crippen molar-refractivity contribution < 1.29 is 24.1 Å². The molecule has 0 bridgehead atoms. The zero-order valence-electron chi connectivity index (χ0n) is 16.7. The summed E-state index contributed by atoms with van der Waals surface area (Å²) in [5.41, 5.74) is -1.15. The van der Waals surface area contributed by atoms with Crippen LogP contribution >= 0.6 is 0 Å². The van der Waals surface area contributed by atoms with Crippen LogP contribution in [-0.4, -0.2) is 47.8 Å². The summed E-state index contributed by atoms with van der Waals surface area (Å²) in [4.78, 5) is 23.7. The van der Waals surface area contributed by atoms with Crippen LogP contribution in [0.4, 0.5) is 4.79 Å². The van der Waals surface area contributed by atoms with E-state index >= 15 is 0 Å². The Morgan fingerprint density at radius 2 is 1.58 bits per heavy atom. The number of aliphatic hydroxyl groups is 1. The highest BCUT2D eigenvalue weighted by atomic mass is 16.6. The van der Waals surface area contributed by atoms with Crippen LogP contribution in [0, 0.1) is 0 Å². The van der Waals surface area contributed by atoms with Gasteiger partial charge in [0.05, 0.1) is 17.7 Å². The minimum atomic E-state index is -1.01. The number of rotatable bonds is 7. The first-order chi connectivity index (χ1) is 11.7. The van der Waals surface area contributed by atoms with E-state index in [1.54, 1.807) is 80.2 Å². The van der Waals surface area contributed by atoms with Crippen LogP contribution in [0.5, 0.6) is 0 Å². The predicted octanol–water partition coefficient (Wildman–Crippen LogP) is 2.20. The standard InChI is InChI=1S/C19H29BNO5/c1-17(2,3)25-16(23)21-12-15(22)13-8-10-14(11-9-13)20-26-19(6,7)18(4,5)24/h8-11,24H,12H2,1-7H3,(H,21,23). The third-order valence-corrected chi connectivity index (χ3v) is 3.99. The maximum atomic E-state index is 12.1. The van der Waals surface area contributed by atoms with Crippen LogP contribution in [-0.2, 0) is 9.39 Å². The molecule has 0 unspecified atom stereocenters. The van der Waals surface area contributed by atoms with Crippen LogP contribution in [0.15, 0.2) is 24.3 Å². The van der Waals surface area contributed by atoms with E-state index in [2.05, 4.69) is 5.32 Å². The molecule has 0 fully saturated rings. The van der Waals surface area contributed by atoms with Gasteiger partial charge in [0.15, 0.2) is 5.78 Å². The van der Waals surface area contributed by atoms with E-state index in [0.717, 1.165) is 5.46 Å². The molecule has 0 aromatic heterocycles. The zero-order chi connectivity index (χ0) is 20.2. The highest BCUT2D eigenvalue weighted by Crippen LogP contribution is 2.24. The Morgan fingerprint density at radius 3 is 2.04 bits per heavy atom. The topological polar surface area (TPSA) is 84.9 Å². The van der Waals surface area contributed by atoms with Gasteiger partial charge >= 0.3 is 13.6 Å². The Bertz CT molecular complexity index is 627. The van der Waals surface area contributed by atoms with Crippen LogP contribution in [0.2, 0.25) is 0 Å². The van der Waals surface area contributed by atoms with Crippen molar-refractivity contribution in [2.45, 2.75) is 65.3 Å². The fraction of sp³-hybridized carbons (Fsp3) is 0.579. The molecule has 1 aromatic rings. The lowest BCUT2D eigenvalue weighted by Crippen LogP contribution is -2.49.